The van der Waals surface area contributed by atoms with Crippen molar-refractivity contribution in [2.45, 2.75) is 5.51 Å². The van der Waals surface area contributed by atoms with Crippen molar-refractivity contribution >= 4 is 15.8 Å². The number of nitrogens with two attached hydrogens (primary N) is 2. The highest BCUT2D eigenvalue weighted by molar-refractivity contribution is 7.86. The molecule has 1 aromatic carbocycles. The highest BCUT2D eigenvalue weighted by Gasteiger charge is 2.36. The van der Waals surface area contributed by atoms with E-state index in [-0.39, 0.29) is 0 Å². The monoisotopic (exact) mass is 258 g/mol. The molecule has 0 unspecified atom stereocenters. The molecule has 0 aliphatic rings. The Bertz CT molecular complexity index is 405. The van der Waals surface area contributed by atoms with Gasteiger partial charge in [-0.15, -0.1) is 0 Å². The molecule has 0 saturated carbocycles. The van der Waals surface area contributed by atoms with Gasteiger partial charge in [0.1, 0.15) is 5.69 Å². The second kappa shape index (κ2) is 5.80. The molecule has 0 spiro atoms. The van der Waals surface area contributed by atoms with E-state index in [4.69, 9.17) is 18.8 Å². The molecule has 0 saturated heterocycles. The normalized spacial score (nSPS) is 11.6. The van der Waals surface area contributed by atoms with Crippen LogP contribution in [-0.2, 0) is 10.1 Å². The largest absolute Gasteiger partial charge is 0.741 e. The van der Waals surface area contributed by atoms with E-state index in [2.05, 4.69) is 0 Å². The van der Waals surface area contributed by atoms with Gasteiger partial charge in [-0.25, -0.2) is 13.8 Å². The number of rotatable bonds is 1. The van der Waals surface area contributed by atoms with Gasteiger partial charge in [0.25, 0.3) is 0 Å². The topological polar surface area (TPSA) is 99.8 Å². The smallest absolute Gasteiger partial charge is 0.485 e. The van der Waals surface area contributed by atoms with Crippen molar-refractivity contribution in [2.75, 3.05) is 0 Å². The molecule has 0 aliphatic heterocycles. The van der Waals surface area contributed by atoms with Gasteiger partial charge in [0.2, 0.25) is 0 Å². The maximum absolute atomic E-state index is 10.7. The van der Waals surface area contributed by atoms with E-state index < -0.39 is 15.6 Å². The first kappa shape index (κ1) is 14.8. The van der Waals surface area contributed by atoms with E-state index in [1.54, 1.807) is 5.43 Å². The summed E-state index contributed by atoms with van der Waals surface area (Å²) in [5.41, 5.74) is -3.00. The van der Waals surface area contributed by atoms with Crippen LogP contribution in [0.15, 0.2) is 30.3 Å². The van der Waals surface area contributed by atoms with E-state index in [0.717, 1.165) is 5.69 Å². The molecule has 16 heavy (non-hydrogen) atoms. The SMILES string of the molecule is N[NH2+]c1ccccc1.O=S(=O)([O-])C(F)(F)F. The molecule has 1 rings (SSSR count). The zero-order valence-corrected chi connectivity index (χ0v) is 8.62. The first-order valence-electron chi connectivity index (χ1n) is 3.80. The zero-order valence-electron chi connectivity index (χ0n) is 7.81. The third-order valence-electron chi connectivity index (χ3n) is 1.28. The molecule has 4 N–H and O–H groups in total. The third kappa shape index (κ3) is 5.66. The van der Waals surface area contributed by atoms with Gasteiger partial charge >= 0.3 is 5.51 Å². The second-order valence-corrected chi connectivity index (χ2v) is 3.85. The Balaban J connectivity index is 0.000000281. The summed E-state index contributed by atoms with van der Waals surface area (Å²) in [6.45, 7) is 0. The van der Waals surface area contributed by atoms with Crippen molar-refractivity contribution in [1.29, 1.82) is 0 Å². The lowest BCUT2D eigenvalue weighted by molar-refractivity contribution is -0.584. The van der Waals surface area contributed by atoms with Crippen molar-refractivity contribution in [3.63, 3.8) is 0 Å². The Kier molecular flexibility index (Phi) is 5.38. The maximum atomic E-state index is 10.7. The Morgan fingerprint density at radius 3 is 1.75 bits per heavy atom. The Labute approximate surface area is 89.8 Å². The number of hydrogen-bond acceptors (Lipinski definition) is 4. The van der Waals surface area contributed by atoms with Gasteiger partial charge in [-0.05, 0) is 0 Å². The van der Waals surface area contributed by atoms with Crippen molar-refractivity contribution in [3.8, 4) is 0 Å². The molecule has 0 atom stereocenters. The molecule has 9 heteroatoms. The fraction of sp³-hybridized carbons (Fsp3) is 0.143. The first-order chi connectivity index (χ1) is 7.18. The van der Waals surface area contributed by atoms with Gasteiger partial charge in [0, 0.05) is 12.1 Å². The molecule has 92 valence electrons. The van der Waals surface area contributed by atoms with E-state index in [1.807, 2.05) is 30.3 Å². The average molecular weight is 258 g/mol. The van der Waals surface area contributed by atoms with Crippen LogP contribution in [0.5, 0.6) is 0 Å². The molecule has 0 radical (unpaired) electrons. The lowest BCUT2D eigenvalue weighted by atomic mass is 10.3. The molecule has 0 fully saturated rings. The predicted octanol–water partition coefficient (Wildman–Crippen LogP) is -0.193. The van der Waals surface area contributed by atoms with Crippen LogP contribution in [0.1, 0.15) is 0 Å². The lowest BCUT2D eigenvalue weighted by Crippen LogP contribution is -2.85. The molecule has 0 bridgehead atoms. The summed E-state index contributed by atoms with van der Waals surface area (Å²) in [5, 5.41) is 0. The van der Waals surface area contributed by atoms with Crippen LogP contribution in [0.25, 0.3) is 0 Å². The Morgan fingerprint density at radius 2 is 1.56 bits per heavy atom. The summed E-state index contributed by atoms with van der Waals surface area (Å²) in [6, 6.07) is 9.80. The number of halogens is 3. The summed E-state index contributed by atoms with van der Waals surface area (Å²) in [4.78, 5) is 0. The Morgan fingerprint density at radius 1 is 1.19 bits per heavy atom. The average Bonchev–Trinajstić information content (AvgIpc) is 2.17. The van der Waals surface area contributed by atoms with E-state index >= 15 is 0 Å². The standard InChI is InChI=1S/C6H8N2.CHF3O3S/c7-8-6-4-2-1-3-5-6;2-1(3,4)8(5,6)7/h1-5,8H,7H2;(H,5,6,7). The molecule has 1 aromatic rings. The minimum atomic E-state index is -6.09. The molecule has 0 heterocycles. The fourth-order valence-electron chi connectivity index (χ4n) is 0.564. The first-order valence-corrected chi connectivity index (χ1v) is 5.21. The molecular formula is C7H9F3N2O3S. The van der Waals surface area contributed by atoms with Crippen LogP contribution in [0.3, 0.4) is 0 Å². The van der Waals surface area contributed by atoms with E-state index in [1.165, 1.54) is 0 Å². The molecule has 0 amide bonds. The minimum Gasteiger partial charge on any atom is -0.741 e. The van der Waals surface area contributed by atoms with Gasteiger partial charge in [-0.3, -0.25) is 0 Å². The van der Waals surface area contributed by atoms with Crippen LogP contribution in [0, 0.1) is 0 Å². The van der Waals surface area contributed by atoms with Gasteiger partial charge < -0.3 is 4.55 Å². The predicted molar refractivity (Wildman–Crippen MR) is 48.0 cm³/mol. The van der Waals surface area contributed by atoms with Crippen LogP contribution in [0.4, 0.5) is 18.9 Å². The molecule has 5 nitrogen and oxygen atoms in total. The van der Waals surface area contributed by atoms with Crippen LogP contribution < -0.4 is 11.3 Å². The zero-order chi connectivity index (χ0) is 12.8. The summed E-state index contributed by atoms with van der Waals surface area (Å²) in [7, 11) is -6.09. The highest BCUT2D eigenvalue weighted by Crippen LogP contribution is 2.20. The van der Waals surface area contributed by atoms with Crippen molar-refractivity contribution in [3.05, 3.63) is 30.3 Å². The third-order valence-corrected chi connectivity index (χ3v) is 1.84. The van der Waals surface area contributed by atoms with Crippen molar-refractivity contribution in [1.82, 2.24) is 0 Å². The second-order valence-electron chi connectivity index (χ2n) is 2.48. The number of hydrogen-bond donors (Lipinski definition) is 2. The summed E-state index contributed by atoms with van der Waals surface area (Å²) >= 11 is 0. The van der Waals surface area contributed by atoms with Gasteiger partial charge in [-0.1, -0.05) is 18.2 Å². The fourth-order valence-corrected chi connectivity index (χ4v) is 0.564. The van der Waals surface area contributed by atoms with Gasteiger partial charge in [0.15, 0.2) is 10.1 Å². The van der Waals surface area contributed by atoms with E-state index in [9.17, 15) is 13.2 Å². The van der Waals surface area contributed by atoms with Gasteiger partial charge in [-0.2, -0.15) is 19.0 Å². The minimum absolute atomic E-state index is 1.06. The number of benzene rings is 1. The molecular weight excluding hydrogens is 249 g/mol. The lowest BCUT2D eigenvalue weighted by Gasteiger charge is -2.08. The van der Waals surface area contributed by atoms with Crippen molar-refractivity contribution < 1.29 is 31.6 Å². The maximum Gasteiger partial charge on any atom is 0.485 e. The summed E-state index contributed by atoms with van der Waals surface area (Å²) in [6.07, 6.45) is 0. The van der Waals surface area contributed by atoms with Crippen LogP contribution in [-0.4, -0.2) is 18.5 Å². The Hall–Kier alpha value is -1.16. The van der Waals surface area contributed by atoms with Crippen molar-refractivity contribution in [2.24, 2.45) is 5.84 Å². The number of alkyl halides is 3. The molecule has 0 aliphatic carbocycles. The highest BCUT2D eigenvalue weighted by atomic mass is 32.2. The number of quaternary nitrogens is 1. The summed E-state index contributed by atoms with van der Waals surface area (Å²) in [5.74, 6) is 5.22. The molecule has 0 aromatic heterocycles. The quantitative estimate of drug-likeness (QED) is 0.240. The summed E-state index contributed by atoms with van der Waals surface area (Å²) < 4.78 is 58.9. The van der Waals surface area contributed by atoms with Crippen LogP contribution >= 0.6 is 0 Å². The van der Waals surface area contributed by atoms with Crippen LogP contribution in [0.2, 0.25) is 0 Å². The van der Waals surface area contributed by atoms with Gasteiger partial charge in [0.05, 0.1) is 0 Å². The van der Waals surface area contributed by atoms with E-state index in [0.29, 0.717) is 0 Å².